The van der Waals surface area contributed by atoms with E-state index in [2.05, 4.69) is 10.6 Å². The molecule has 5 nitrogen and oxygen atoms in total. The summed E-state index contributed by atoms with van der Waals surface area (Å²) in [6.07, 6.45) is 0. The van der Waals surface area contributed by atoms with Gasteiger partial charge in [-0.25, -0.2) is 0 Å². The van der Waals surface area contributed by atoms with Gasteiger partial charge in [-0.05, 0) is 14.0 Å². The molecule has 5 heteroatoms. The second-order valence-electron chi connectivity index (χ2n) is 2.52. The maximum absolute atomic E-state index is 11.3. The number of carbonyl (C=O) groups is 2. The Morgan fingerprint density at radius 2 is 2.08 bits per heavy atom. The summed E-state index contributed by atoms with van der Waals surface area (Å²) in [6, 6.07) is -0.559. The Balaban J connectivity index is 4.11. The van der Waals surface area contributed by atoms with E-state index in [0.29, 0.717) is 6.54 Å². The molecule has 1 atom stereocenters. The van der Waals surface area contributed by atoms with Crippen molar-refractivity contribution in [2.45, 2.75) is 13.0 Å². The van der Waals surface area contributed by atoms with Crippen LogP contribution in [0.15, 0.2) is 0 Å². The number of nitrogens with one attached hydrogen (secondary N) is 2. The quantitative estimate of drug-likeness (QED) is 0.521. The SMILES string of the molecule is CCNC(=O)C(=O)C(COC)NC. The lowest BCUT2D eigenvalue weighted by molar-refractivity contribution is -0.139. The third-order valence-corrected chi connectivity index (χ3v) is 1.56. The molecular formula is C8H16N2O3. The molecule has 1 amide bonds. The number of ketones is 1. The van der Waals surface area contributed by atoms with Gasteiger partial charge >= 0.3 is 0 Å². The Morgan fingerprint density at radius 1 is 1.46 bits per heavy atom. The van der Waals surface area contributed by atoms with Gasteiger partial charge in [0.25, 0.3) is 5.91 Å². The first-order chi connectivity index (χ1) is 6.17. The van der Waals surface area contributed by atoms with Crippen LogP contribution in [0.3, 0.4) is 0 Å². The average molecular weight is 188 g/mol. The van der Waals surface area contributed by atoms with E-state index in [1.54, 1.807) is 14.0 Å². The first-order valence-electron chi connectivity index (χ1n) is 4.15. The first-order valence-corrected chi connectivity index (χ1v) is 4.15. The van der Waals surface area contributed by atoms with E-state index in [0.717, 1.165) is 0 Å². The van der Waals surface area contributed by atoms with Crippen LogP contribution in [-0.4, -0.2) is 45.0 Å². The lowest BCUT2D eigenvalue weighted by atomic mass is 10.2. The fourth-order valence-corrected chi connectivity index (χ4v) is 0.863. The van der Waals surface area contributed by atoms with Crippen LogP contribution >= 0.6 is 0 Å². The zero-order valence-electron chi connectivity index (χ0n) is 8.22. The van der Waals surface area contributed by atoms with Gasteiger partial charge in [-0.2, -0.15) is 0 Å². The van der Waals surface area contributed by atoms with E-state index in [-0.39, 0.29) is 6.61 Å². The topological polar surface area (TPSA) is 67.4 Å². The molecule has 0 aliphatic heterocycles. The first kappa shape index (κ1) is 12.1. The lowest BCUT2D eigenvalue weighted by Gasteiger charge is -2.12. The number of likely N-dealkylation sites (N-methyl/N-ethyl adjacent to an activating group) is 2. The minimum atomic E-state index is -0.570. The molecule has 13 heavy (non-hydrogen) atoms. The molecule has 0 rings (SSSR count). The number of amides is 1. The van der Waals surface area contributed by atoms with Crippen LogP contribution in [0.25, 0.3) is 0 Å². The van der Waals surface area contributed by atoms with Gasteiger partial charge in [-0.3, -0.25) is 9.59 Å². The Hall–Kier alpha value is -0.940. The zero-order valence-corrected chi connectivity index (χ0v) is 8.22. The Bertz CT molecular complexity index is 182. The second kappa shape index (κ2) is 6.56. The second-order valence-corrected chi connectivity index (χ2v) is 2.52. The predicted molar refractivity (Wildman–Crippen MR) is 48.4 cm³/mol. The largest absolute Gasteiger partial charge is 0.383 e. The minimum absolute atomic E-state index is 0.201. The van der Waals surface area contributed by atoms with Gasteiger partial charge in [0.15, 0.2) is 0 Å². The molecule has 0 fully saturated rings. The zero-order chi connectivity index (χ0) is 10.3. The van der Waals surface area contributed by atoms with Crippen LogP contribution in [0.4, 0.5) is 0 Å². The van der Waals surface area contributed by atoms with Crippen LogP contribution in [0.1, 0.15) is 6.92 Å². The molecule has 0 heterocycles. The highest BCUT2D eigenvalue weighted by Gasteiger charge is 2.22. The van der Waals surface area contributed by atoms with Crippen molar-refractivity contribution in [3.63, 3.8) is 0 Å². The third-order valence-electron chi connectivity index (χ3n) is 1.56. The number of hydrogen-bond acceptors (Lipinski definition) is 4. The van der Waals surface area contributed by atoms with E-state index >= 15 is 0 Å². The van der Waals surface area contributed by atoms with Crippen molar-refractivity contribution in [3.8, 4) is 0 Å². The van der Waals surface area contributed by atoms with Crippen LogP contribution in [0.2, 0.25) is 0 Å². The van der Waals surface area contributed by atoms with Gasteiger partial charge in [0.2, 0.25) is 5.78 Å². The molecule has 0 bridgehead atoms. The fraction of sp³-hybridized carbons (Fsp3) is 0.750. The summed E-state index contributed by atoms with van der Waals surface area (Å²) >= 11 is 0. The predicted octanol–water partition coefficient (Wildman–Crippen LogP) is -1.07. The highest BCUT2D eigenvalue weighted by molar-refractivity contribution is 6.38. The Labute approximate surface area is 77.8 Å². The molecule has 0 aromatic rings. The lowest BCUT2D eigenvalue weighted by Crippen LogP contribution is -2.46. The Kier molecular flexibility index (Phi) is 6.09. The third kappa shape index (κ3) is 4.00. The summed E-state index contributed by atoms with van der Waals surface area (Å²) in [6.45, 7) is 2.41. The van der Waals surface area contributed by atoms with Gasteiger partial charge in [0.05, 0.1) is 12.6 Å². The summed E-state index contributed by atoms with van der Waals surface area (Å²) in [5, 5.41) is 5.14. The van der Waals surface area contributed by atoms with Crippen molar-refractivity contribution < 1.29 is 14.3 Å². The van der Waals surface area contributed by atoms with Crippen molar-refractivity contribution in [1.29, 1.82) is 0 Å². The average Bonchev–Trinajstić information content (AvgIpc) is 2.13. The monoisotopic (exact) mass is 188 g/mol. The number of carbonyl (C=O) groups excluding carboxylic acids is 2. The maximum atomic E-state index is 11.3. The molecular weight excluding hydrogens is 172 g/mol. The minimum Gasteiger partial charge on any atom is -0.383 e. The van der Waals surface area contributed by atoms with E-state index in [9.17, 15) is 9.59 Å². The molecule has 1 unspecified atom stereocenters. The van der Waals surface area contributed by atoms with Crippen molar-refractivity contribution in [2.24, 2.45) is 0 Å². The van der Waals surface area contributed by atoms with Crippen LogP contribution < -0.4 is 10.6 Å². The molecule has 0 aromatic heterocycles. The molecule has 0 radical (unpaired) electrons. The molecule has 0 saturated carbocycles. The molecule has 0 spiro atoms. The molecule has 76 valence electrons. The van der Waals surface area contributed by atoms with Gasteiger partial charge in [0.1, 0.15) is 0 Å². The summed E-state index contributed by atoms with van der Waals surface area (Å²) in [7, 11) is 3.09. The number of hydrogen-bond donors (Lipinski definition) is 2. The number of rotatable bonds is 6. The van der Waals surface area contributed by atoms with Gasteiger partial charge in [-0.15, -0.1) is 0 Å². The van der Waals surface area contributed by atoms with Crippen molar-refractivity contribution in [2.75, 3.05) is 27.3 Å². The van der Waals surface area contributed by atoms with E-state index < -0.39 is 17.7 Å². The maximum Gasteiger partial charge on any atom is 0.289 e. The summed E-state index contributed by atoms with van der Waals surface area (Å²) in [5.74, 6) is -1.06. The van der Waals surface area contributed by atoms with Gasteiger partial charge in [-0.1, -0.05) is 0 Å². The normalized spacial score (nSPS) is 12.2. The summed E-state index contributed by atoms with van der Waals surface area (Å²) < 4.78 is 4.78. The summed E-state index contributed by atoms with van der Waals surface area (Å²) in [5.41, 5.74) is 0. The highest BCUT2D eigenvalue weighted by Crippen LogP contribution is 1.87. The van der Waals surface area contributed by atoms with E-state index in [1.807, 2.05) is 0 Å². The van der Waals surface area contributed by atoms with E-state index in [1.165, 1.54) is 7.11 Å². The summed E-state index contributed by atoms with van der Waals surface area (Å²) in [4.78, 5) is 22.4. The number of ether oxygens (including phenoxy) is 1. The van der Waals surface area contributed by atoms with Crippen molar-refractivity contribution in [3.05, 3.63) is 0 Å². The van der Waals surface area contributed by atoms with Crippen LogP contribution in [0.5, 0.6) is 0 Å². The smallest absolute Gasteiger partial charge is 0.289 e. The molecule has 0 aliphatic rings. The Morgan fingerprint density at radius 3 is 2.46 bits per heavy atom. The molecule has 0 aliphatic carbocycles. The highest BCUT2D eigenvalue weighted by atomic mass is 16.5. The molecule has 2 N–H and O–H groups in total. The van der Waals surface area contributed by atoms with E-state index in [4.69, 9.17) is 4.74 Å². The van der Waals surface area contributed by atoms with Crippen molar-refractivity contribution in [1.82, 2.24) is 10.6 Å². The van der Waals surface area contributed by atoms with Crippen LogP contribution in [0, 0.1) is 0 Å². The number of Topliss-reactive ketones (excluding diaryl/α,β-unsaturated/α-hetero) is 1. The van der Waals surface area contributed by atoms with Crippen LogP contribution in [-0.2, 0) is 14.3 Å². The standard InChI is InChI=1S/C8H16N2O3/c1-4-10-8(12)7(11)6(9-2)5-13-3/h6,9H,4-5H2,1-3H3,(H,10,12). The molecule has 0 aromatic carbocycles. The number of methoxy groups -OCH3 is 1. The molecule has 0 saturated heterocycles. The van der Waals surface area contributed by atoms with Crippen molar-refractivity contribution >= 4 is 11.7 Å². The fourth-order valence-electron chi connectivity index (χ4n) is 0.863. The van der Waals surface area contributed by atoms with Gasteiger partial charge < -0.3 is 15.4 Å². The van der Waals surface area contributed by atoms with Gasteiger partial charge in [0, 0.05) is 13.7 Å².